The van der Waals surface area contributed by atoms with E-state index in [-0.39, 0.29) is 17.7 Å². The van der Waals surface area contributed by atoms with E-state index in [2.05, 4.69) is 5.32 Å². The molecule has 0 radical (unpaired) electrons. The maximum Gasteiger partial charge on any atom is 0.250 e. The molecule has 3 atom stereocenters. The second-order valence-corrected chi connectivity index (χ2v) is 6.20. The molecule has 1 saturated heterocycles. The summed E-state index contributed by atoms with van der Waals surface area (Å²) in [6, 6.07) is 3.78. The predicted octanol–water partition coefficient (Wildman–Crippen LogP) is 3.26. The maximum atomic E-state index is 12.7. The van der Waals surface area contributed by atoms with E-state index in [1.807, 2.05) is 13.8 Å². The van der Waals surface area contributed by atoms with Crippen LogP contribution >= 0.6 is 23.2 Å². The molecule has 21 heavy (non-hydrogen) atoms. The van der Waals surface area contributed by atoms with Gasteiger partial charge >= 0.3 is 0 Å². The molecule has 1 aromatic carbocycles. The minimum absolute atomic E-state index is 0.0579. The molecule has 6 heteroatoms. The summed E-state index contributed by atoms with van der Waals surface area (Å²) < 4.78 is 0. The van der Waals surface area contributed by atoms with Crippen LogP contribution in [0.3, 0.4) is 0 Å². The highest BCUT2D eigenvalue weighted by molar-refractivity contribution is 6.37. The van der Waals surface area contributed by atoms with Crippen LogP contribution in [0, 0.1) is 5.92 Å². The van der Waals surface area contributed by atoms with Crippen LogP contribution < -0.4 is 10.2 Å². The van der Waals surface area contributed by atoms with Gasteiger partial charge in [0.05, 0.1) is 10.7 Å². The number of hydrogen-bond donors (Lipinski definition) is 1. The van der Waals surface area contributed by atoms with E-state index in [1.54, 1.807) is 25.1 Å². The van der Waals surface area contributed by atoms with Gasteiger partial charge in [-0.3, -0.25) is 14.5 Å². The number of amides is 2. The van der Waals surface area contributed by atoms with Crippen LogP contribution in [0.5, 0.6) is 0 Å². The van der Waals surface area contributed by atoms with Crippen molar-refractivity contribution in [3.8, 4) is 0 Å². The van der Waals surface area contributed by atoms with Crippen molar-refractivity contribution in [2.45, 2.75) is 39.3 Å². The van der Waals surface area contributed by atoms with Gasteiger partial charge < -0.3 is 5.32 Å². The molecule has 0 spiro atoms. The molecule has 114 valence electrons. The molecule has 1 aliphatic heterocycles. The summed E-state index contributed by atoms with van der Waals surface area (Å²) in [5, 5.41) is 3.65. The average Bonchev–Trinajstić information content (AvgIpc) is 2.44. The standard InChI is InChI=1S/C15H18Cl2N2O2/c1-4-8(2)13-15(21)19(9(3)14(20)18-13)12-6-5-10(16)7-11(12)17/h5-9,13H,4H2,1-3H3,(H,18,20). The Bertz CT molecular complexity index is 577. The Kier molecular flexibility index (Phi) is 4.79. The molecule has 0 saturated carbocycles. The largest absolute Gasteiger partial charge is 0.342 e. The third kappa shape index (κ3) is 3.01. The number of halogens is 2. The molecular formula is C15H18Cl2N2O2. The van der Waals surface area contributed by atoms with Crippen molar-refractivity contribution in [2.24, 2.45) is 5.92 Å². The van der Waals surface area contributed by atoms with Crippen molar-refractivity contribution < 1.29 is 9.59 Å². The smallest absolute Gasteiger partial charge is 0.250 e. The number of rotatable bonds is 3. The fourth-order valence-electron chi connectivity index (χ4n) is 2.42. The molecule has 2 rings (SSSR count). The summed E-state index contributed by atoms with van der Waals surface area (Å²) in [7, 11) is 0. The molecule has 1 aliphatic rings. The Hall–Kier alpha value is -1.26. The van der Waals surface area contributed by atoms with Gasteiger partial charge in [-0.1, -0.05) is 43.5 Å². The SMILES string of the molecule is CCC(C)C1NC(=O)C(C)N(c2ccc(Cl)cc2Cl)C1=O. The van der Waals surface area contributed by atoms with Crippen molar-refractivity contribution in [3.63, 3.8) is 0 Å². The van der Waals surface area contributed by atoms with Crippen molar-refractivity contribution in [3.05, 3.63) is 28.2 Å². The minimum Gasteiger partial charge on any atom is -0.342 e. The van der Waals surface area contributed by atoms with Gasteiger partial charge in [-0.25, -0.2) is 0 Å². The lowest BCUT2D eigenvalue weighted by Crippen LogP contribution is -2.64. The van der Waals surface area contributed by atoms with Crippen LogP contribution in [-0.4, -0.2) is 23.9 Å². The second kappa shape index (κ2) is 6.24. The fourth-order valence-corrected chi connectivity index (χ4v) is 2.92. The summed E-state index contributed by atoms with van der Waals surface area (Å²) in [4.78, 5) is 26.4. The lowest BCUT2D eigenvalue weighted by Gasteiger charge is -2.39. The van der Waals surface area contributed by atoms with Gasteiger partial charge in [0.25, 0.3) is 5.91 Å². The number of anilines is 1. The molecule has 0 aliphatic carbocycles. The van der Waals surface area contributed by atoms with E-state index in [9.17, 15) is 9.59 Å². The van der Waals surface area contributed by atoms with Crippen LogP contribution in [0.1, 0.15) is 27.2 Å². The molecule has 1 fully saturated rings. The zero-order chi connectivity index (χ0) is 15.7. The molecule has 2 amide bonds. The van der Waals surface area contributed by atoms with Crippen LogP contribution in [0.25, 0.3) is 0 Å². The van der Waals surface area contributed by atoms with Gasteiger partial charge in [0.1, 0.15) is 12.1 Å². The first-order valence-corrected chi connectivity index (χ1v) is 7.71. The lowest BCUT2D eigenvalue weighted by molar-refractivity contribution is -0.134. The van der Waals surface area contributed by atoms with Gasteiger partial charge in [0, 0.05) is 5.02 Å². The Morgan fingerprint density at radius 2 is 2.00 bits per heavy atom. The van der Waals surface area contributed by atoms with Crippen molar-refractivity contribution in [2.75, 3.05) is 4.90 Å². The summed E-state index contributed by atoms with van der Waals surface area (Å²) in [6.07, 6.45) is 0.799. The van der Waals surface area contributed by atoms with Gasteiger partial charge in [-0.15, -0.1) is 0 Å². The Morgan fingerprint density at radius 1 is 1.33 bits per heavy atom. The Labute approximate surface area is 134 Å². The quantitative estimate of drug-likeness (QED) is 0.925. The Morgan fingerprint density at radius 3 is 2.57 bits per heavy atom. The van der Waals surface area contributed by atoms with E-state index >= 15 is 0 Å². The van der Waals surface area contributed by atoms with E-state index in [4.69, 9.17) is 23.2 Å². The van der Waals surface area contributed by atoms with Crippen LogP contribution in [0.4, 0.5) is 5.69 Å². The molecule has 1 heterocycles. The molecule has 0 aromatic heterocycles. The van der Waals surface area contributed by atoms with E-state index in [0.29, 0.717) is 15.7 Å². The fraction of sp³-hybridized carbons (Fsp3) is 0.467. The summed E-state index contributed by atoms with van der Waals surface area (Å²) in [6.45, 7) is 5.62. The molecule has 4 nitrogen and oxygen atoms in total. The van der Waals surface area contributed by atoms with Crippen molar-refractivity contribution in [1.29, 1.82) is 0 Å². The number of benzene rings is 1. The molecule has 1 aromatic rings. The van der Waals surface area contributed by atoms with E-state index < -0.39 is 12.1 Å². The van der Waals surface area contributed by atoms with Crippen LogP contribution in [0.2, 0.25) is 10.0 Å². The highest BCUT2D eigenvalue weighted by Crippen LogP contribution is 2.32. The number of hydrogen-bond acceptors (Lipinski definition) is 2. The van der Waals surface area contributed by atoms with E-state index in [1.165, 1.54) is 4.90 Å². The highest BCUT2D eigenvalue weighted by atomic mass is 35.5. The lowest BCUT2D eigenvalue weighted by atomic mass is 9.94. The molecule has 3 unspecified atom stereocenters. The van der Waals surface area contributed by atoms with Crippen molar-refractivity contribution in [1.82, 2.24) is 5.32 Å². The number of nitrogens with zero attached hydrogens (tertiary/aromatic N) is 1. The Balaban J connectivity index is 2.43. The predicted molar refractivity (Wildman–Crippen MR) is 84.8 cm³/mol. The zero-order valence-electron chi connectivity index (χ0n) is 12.2. The van der Waals surface area contributed by atoms with Crippen LogP contribution in [0.15, 0.2) is 18.2 Å². The van der Waals surface area contributed by atoms with Gasteiger partial charge in [-0.2, -0.15) is 0 Å². The summed E-state index contributed by atoms with van der Waals surface area (Å²) in [5.74, 6) is -0.255. The number of piperazine rings is 1. The normalized spacial score (nSPS) is 24.0. The third-order valence-corrected chi connectivity index (χ3v) is 4.49. The number of carbonyl (C=O) groups excluding carboxylic acids is 2. The monoisotopic (exact) mass is 328 g/mol. The zero-order valence-corrected chi connectivity index (χ0v) is 13.7. The first-order chi connectivity index (χ1) is 9.86. The van der Waals surface area contributed by atoms with Crippen molar-refractivity contribution >= 4 is 40.7 Å². The number of carbonyl (C=O) groups is 2. The summed E-state index contributed by atoms with van der Waals surface area (Å²) in [5.41, 5.74) is 0.515. The highest BCUT2D eigenvalue weighted by Gasteiger charge is 2.41. The molecule has 0 bridgehead atoms. The average molecular weight is 329 g/mol. The maximum absolute atomic E-state index is 12.7. The molecule has 1 N–H and O–H groups in total. The minimum atomic E-state index is -0.600. The summed E-state index contributed by atoms with van der Waals surface area (Å²) >= 11 is 12.1. The number of nitrogens with one attached hydrogen (secondary N) is 1. The topological polar surface area (TPSA) is 49.4 Å². The van der Waals surface area contributed by atoms with E-state index in [0.717, 1.165) is 6.42 Å². The van der Waals surface area contributed by atoms with Gasteiger partial charge in [-0.05, 0) is 31.0 Å². The second-order valence-electron chi connectivity index (χ2n) is 5.35. The third-order valence-electron chi connectivity index (χ3n) is 3.95. The van der Waals surface area contributed by atoms with Gasteiger partial charge in [0.2, 0.25) is 5.91 Å². The van der Waals surface area contributed by atoms with Gasteiger partial charge in [0.15, 0.2) is 0 Å². The van der Waals surface area contributed by atoms with Crippen LogP contribution in [-0.2, 0) is 9.59 Å². The first-order valence-electron chi connectivity index (χ1n) is 6.95. The first kappa shape index (κ1) is 16.1. The molecular weight excluding hydrogens is 311 g/mol.